The van der Waals surface area contributed by atoms with Crippen LogP contribution in [0.3, 0.4) is 0 Å². The van der Waals surface area contributed by atoms with Gasteiger partial charge in [0, 0.05) is 61.8 Å². The van der Waals surface area contributed by atoms with E-state index >= 15 is 0 Å². The maximum atomic E-state index is 13.7. The van der Waals surface area contributed by atoms with Crippen LogP contribution in [0.2, 0.25) is 0 Å². The number of nitrogens with zero attached hydrogens (tertiary/aromatic N) is 4. The van der Waals surface area contributed by atoms with Crippen LogP contribution in [0.15, 0.2) is 12.1 Å². The van der Waals surface area contributed by atoms with Gasteiger partial charge in [-0.15, -0.1) is 0 Å². The zero-order valence-corrected chi connectivity index (χ0v) is 20.2. The summed E-state index contributed by atoms with van der Waals surface area (Å²) in [7, 11) is 2.08. The Labute approximate surface area is 203 Å². The Hall–Kier alpha value is -2.85. The maximum absolute atomic E-state index is 13.7. The average molecular weight is 491 g/mol. The number of alkyl halides is 2. The summed E-state index contributed by atoms with van der Waals surface area (Å²) in [4.78, 5) is 24.7. The Balaban J connectivity index is 0.000000917. The first-order valence-electron chi connectivity index (χ1n) is 12.1. The Morgan fingerprint density at radius 3 is 2.60 bits per heavy atom. The third-order valence-corrected chi connectivity index (χ3v) is 6.88. The number of rotatable bonds is 4. The molecule has 8 nitrogen and oxygen atoms in total. The first-order valence-corrected chi connectivity index (χ1v) is 12.1. The van der Waals surface area contributed by atoms with Crippen LogP contribution in [0.5, 0.6) is 0 Å². The van der Waals surface area contributed by atoms with Crippen LogP contribution in [0.25, 0.3) is 0 Å². The molecule has 0 bridgehead atoms. The van der Waals surface area contributed by atoms with Crippen LogP contribution in [-0.2, 0) is 28.9 Å². The van der Waals surface area contributed by atoms with Crippen molar-refractivity contribution in [2.24, 2.45) is 0 Å². The van der Waals surface area contributed by atoms with Crippen LogP contribution in [0, 0.1) is 0 Å². The first kappa shape index (κ1) is 25.2. The van der Waals surface area contributed by atoms with E-state index in [2.05, 4.69) is 16.6 Å². The van der Waals surface area contributed by atoms with Gasteiger partial charge in [0.15, 0.2) is 5.82 Å². The Morgan fingerprint density at radius 2 is 1.94 bits per heavy atom. The number of carbonyl (C=O) groups excluding carboxylic acids is 1. The van der Waals surface area contributed by atoms with E-state index in [4.69, 9.17) is 14.6 Å². The molecule has 5 rings (SSSR count). The van der Waals surface area contributed by atoms with Crippen molar-refractivity contribution in [1.29, 1.82) is 0 Å². The molecule has 0 unspecified atom stereocenters. The molecule has 3 aliphatic heterocycles. The lowest BCUT2D eigenvalue weighted by Crippen LogP contribution is -2.30. The second-order valence-corrected chi connectivity index (χ2v) is 9.19. The predicted molar refractivity (Wildman–Crippen MR) is 127 cm³/mol. The zero-order chi connectivity index (χ0) is 25.1. The highest BCUT2D eigenvalue weighted by Crippen LogP contribution is 2.41. The standard InChI is InChI=1S/C23H28F2N4O3.C2H4O/c1-27-8-4-19-18(13-27)22(26-29(19)15-5-9-32-10-6-15)28-7-2-3-14-11-17(23(30)31)16(21(24)25)12-20(14)28;1-2-3/h11-12,15,21H,2-10,13H2,1H3,(H,30,31);2H,1H3. The molecule has 4 heterocycles. The first-order chi connectivity index (χ1) is 16.8. The Morgan fingerprint density at radius 1 is 1.23 bits per heavy atom. The number of anilines is 2. The number of ether oxygens (including phenoxy) is 1. The number of hydrogen-bond donors (Lipinski definition) is 1. The van der Waals surface area contributed by atoms with E-state index in [1.807, 2.05) is 4.90 Å². The molecule has 0 spiro atoms. The van der Waals surface area contributed by atoms with Gasteiger partial charge in [-0.2, -0.15) is 5.10 Å². The predicted octanol–water partition coefficient (Wildman–Crippen LogP) is 4.15. The van der Waals surface area contributed by atoms with Crippen molar-refractivity contribution >= 4 is 23.8 Å². The number of fused-ring (bicyclic) bond motifs is 2. The number of aryl methyl sites for hydroxylation is 1. The number of aromatic nitrogens is 2. The highest BCUT2D eigenvalue weighted by molar-refractivity contribution is 5.91. The van der Waals surface area contributed by atoms with Gasteiger partial charge in [-0.05, 0) is 57.4 Å². The molecule has 1 fully saturated rings. The number of aldehydes is 1. The molecule has 190 valence electrons. The number of carboxylic acids is 1. The third kappa shape index (κ3) is 5.08. The number of benzene rings is 1. The summed E-state index contributed by atoms with van der Waals surface area (Å²) in [6.45, 7) is 5.26. The molecular formula is C25H32F2N4O4. The van der Waals surface area contributed by atoms with Crippen LogP contribution in [0.1, 0.15) is 71.4 Å². The lowest BCUT2D eigenvalue weighted by Gasteiger charge is -2.32. The van der Waals surface area contributed by atoms with Gasteiger partial charge >= 0.3 is 5.97 Å². The monoisotopic (exact) mass is 490 g/mol. The number of carboxylic acid groups (broad SMARTS) is 1. The van der Waals surface area contributed by atoms with Crippen LogP contribution in [0.4, 0.5) is 20.3 Å². The lowest BCUT2D eigenvalue weighted by atomic mass is 9.95. The number of carbonyl (C=O) groups is 2. The second kappa shape index (κ2) is 10.8. The maximum Gasteiger partial charge on any atom is 0.336 e. The molecule has 0 aliphatic carbocycles. The molecule has 0 radical (unpaired) electrons. The van der Waals surface area contributed by atoms with Crippen LogP contribution < -0.4 is 4.90 Å². The van der Waals surface area contributed by atoms with E-state index in [0.29, 0.717) is 18.7 Å². The molecule has 1 saturated heterocycles. The summed E-state index contributed by atoms with van der Waals surface area (Å²) < 4.78 is 35.2. The normalized spacial score (nSPS) is 18.5. The fourth-order valence-corrected chi connectivity index (χ4v) is 5.25. The van der Waals surface area contributed by atoms with Gasteiger partial charge in [0.1, 0.15) is 6.29 Å². The van der Waals surface area contributed by atoms with Gasteiger partial charge in [-0.1, -0.05) is 0 Å². The van der Waals surface area contributed by atoms with Crippen molar-refractivity contribution in [2.45, 2.75) is 58.0 Å². The molecule has 1 N–H and O–H groups in total. The number of halogens is 2. The van der Waals surface area contributed by atoms with E-state index in [-0.39, 0.29) is 11.6 Å². The van der Waals surface area contributed by atoms with Gasteiger partial charge in [-0.25, -0.2) is 13.6 Å². The summed E-state index contributed by atoms with van der Waals surface area (Å²) in [5, 5.41) is 14.5. The molecular weight excluding hydrogens is 458 g/mol. The van der Waals surface area contributed by atoms with Crippen molar-refractivity contribution in [3.63, 3.8) is 0 Å². The Kier molecular flexibility index (Phi) is 7.81. The van der Waals surface area contributed by atoms with E-state index < -0.39 is 18.0 Å². The Bertz CT molecular complexity index is 1080. The van der Waals surface area contributed by atoms with Crippen molar-refractivity contribution in [3.8, 4) is 0 Å². The van der Waals surface area contributed by atoms with Crippen LogP contribution in [-0.4, -0.2) is 65.4 Å². The molecule has 2 aromatic rings. The number of aromatic carboxylic acids is 1. The number of likely N-dealkylation sites (N-methyl/N-ethyl adjacent to an activating group) is 1. The molecule has 1 aromatic carbocycles. The van der Waals surface area contributed by atoms with Crippen molar-refractivity contribution in [2.75, 3.05) is 38.3 Å². The average Bonchev–Trinajstić information content (AvgIpc) is 3.22. The van der Waals surface area contributed by atoms with Crippen molar-refractivity contribution in [1.82, 2.24) is 14.7 Å². The van der Waals surface area contributed by atoms with Gasteiger partial charge in [0.05, 0.1) is 11.6 Å². The summed E-state index contributed by atoms with van der Waals surface area (Å²) >= 11 is 0. The molecule has 0 atom stereocenters. The number of hydrogen-bond acceptors (Lipinski definition) is 6. The summed E-state index contributed by atoms with van der Waals surface area (Å²) in [6.07, 6.45) is 2.11. The topological polar surface area (TPSA) is 87.9 Å². The highest BCUT2D eigenvalue weighted by atomic mass is 19.3. The largest absolute Gasteiger partial charge is 0.478 e. The minimum atomic E-state index is -2.85. The fourth-order valence-electron chi connectivity index (χ4n) is 5.25. The van der Waals surface area contributed by atoms with Gasteiger partial charge in [-0.3, -0.25) is 4.68 Å². The van der Waals surface area contributed by atoms with Gasteiger partial charge in [0.25, 0.3) is 6.43 Å². The molecule has 1 aromatic heterocycles. The molecule has 0 amide bonds. The minimum Gasteiger partial charge on any atom is -0.478 e. The SMILES string of the molecule is CC=O.CN1CCc2c(c(N3CCCc4cc(C(=O)O)c(C(F)F)cc43)nn2C2CCOCC2)C1. The summed E-state index contributed by atoms with van der Waals surface area (Å²) in [5.74, 6) is -0.495. The van der Waals surface area contributed by atoms with Crippen molar-refractivity contribution in [3.05, 3.63) is 40.1 Å². The molecule has 3 aliphatic rings. The van der Waals surface area contributed by atoms with Gasteiger partial charge in [0.2, 0.25) is 0 Å². The summed E-state index contributed by atoms with van der Waals surface area (Å²) in [5.41, 5.74) is 3.08. The van der Waals surface area contributed by atoms with E-state index in [9.17, 15) is 18.7 Å². The smallest absolute Gasteiger partial charge is 0.336 e. The highest BCUT2D eigenvalue weighted by Gasteiger charge is 2.33. The van der Waals surface area contributed by atoms with E-state index in [1.54, 1.807) is 0 Å². The summed E-state index contributed by atoms with van der Waals surface area (Å²) in [6, 6.07) is 3.08. The fraction of sp³-hybridized carbons (Fsp3) is 0.560. The molecule has 10 heteroatoms. The molecule has 0 saturated carbocycles. The second-order valence-electron chi connectivity index (χ2n) is 9.19. The quantitative estimate of drug-likeness (QED) is 0.645. The van der Waals surface area contributed by atoms with E-state index in [1.165, 1.54) is 24.8 Å². The van der Waals surface area contributed by atoms with Crippen LogP contribution >= 0.6 is 0 Å². The minimum absolute atomic E-state index is 0.282. The third-order valence-electron chi connectivity index (χ3n) is 6.88. The van der Waals surface area contributed by atoms with Gasteiger partial charge < -0.3 is 24.4 Å². The van der Waals surface area contributed by atoms with Crippen molar-refractivity contribution < 1.29 is 28.2 Å². The lowest BCUT2D eigenvalue weighted by molar-refractivity contribution is -0.106. The molecule has 35 heavy (non-hydrogen) atoms. The zero-order valence-electron chi connectivity index (χ0n) is 20.2. The van der Waals surface area contributed by atoms with E-state index in [0.717, 1.165) is 75.2 Å².